The van der Waals surface area contributed by atoms with E-state index in [4.69, 9.17) is 0 Å². The fourth-order valence-corrected chi connectivity index (χ4v) is 4.69. The van der Waals surface area contributed by atoms with Crippen molar-refractivity contribution < 1.29 is 4.79 Å². The number of nitrogens with one attached hydrogen (secondary N) is 2. The summed E-state index contributed by atoms with van der Waals surface area (Å²) >= 11 is 0. The van der Waals surface area contributed by atoms with Crippen LogP contribution < -0.4 is 10.6 Å². The topological polar surface area (TPSA) is 41.1 Å². The predicted molar refractivity (Wildman–Crippen MR) is 105 cm³/mol. The highest BCUT2D eigenvalue weighted by atomic mass is 16.1. The quantitative estimate of drug-likeness (QED) is 0.832. The highest BCUT2D eigenvalue weighted by molar-refractivity contribution is 5.76. The van der Waals surface area contributed by atoms with Crippen molar-refractivity contribution in [2.45, 2.75) is 50.1 Å². The van der Waals surface area contributed by atoms with E-state index in [1.807, 2.05) is 12.1 Å². The lowest BCUT2D eigenvalue weighted by atomic mass is 9.89. The number of carbonyl (C=O) groups is 1. The molecule has 2 N–H and O–H groups in total. The molecule has 0 saturated carbocycles. The molecule has 136 valence electrons. The van der Waals surface area contributed by atoms with Gasteiger partial charge in [0, 0.05) is 31.0 Å². The monoisotopic (exact) mass is 348 g/mol. The largest absolute Gasteiger partial charge is 0.355 e. The van der Waals surface area contributed by atoms with Gasteiger partial charge < -0.3 is 10.6 Å². The summed E-state index contributed by atoms with van der Waals surface area (Å²) < 4.78 is 0. The van der Waals surface area contributed by atoms with Gasteiger partial charge in [-0.2, -0.15) is 0 Å². The Morgan fingerprint density at radius 1 is 0.923 bits per heavy atom. The molecule has 3 heteroatoms. The summed E-state index contributed by atoms with van der Waals surface area (Å²) in [6, 6.07) is 22.2. The molecule has 0 aromatic heterocycles. The molecule has 2 fully saturated rings. The van der Waals surface area contributed by atoms with E-state index in [9.17, 15) is 4.79 Å². The van der Waals surface area contributed by atoms with Crippen molar-refractivity contribution in [1.29, 1.82) is 0 Å². The van der Waals surface area contributed by atoms with Gasteiger partial charge in [-0.25, -0.2) is 0 Å². The Morgan fingerprint density at radius 3 is 2.00 bits per heavy atom. The second-order valence-electron chi connectivity index (χ2n) is 7.86. The molecule has 2 aliphatic heterocycles. The predicted octanol–water partition coefficient (Wildman–Crippen LogP) is 3.86. The first kappa shape index (κ1) is 17.3. The molecule has 2 heterocycles. The van der Waals surface area contributed by atoms with Gasteiger partial charge in [-0.15, -0.1) is 0 Å². The smallest absolute Gasteiger partial charge is 0.220 e. The third-order valence-electron chi connectivity index (χ3n) is 5.95. The van der Waals surface area contributed by atoms with Gasteiger partial charge in [0.05, 0.1) is 0 Å². The van der Waals surface area contributed by atoms with Gasteiger partial charge in [0.25, 0.3) is 0 Å². The Hall–Kier alpha value is -2.13. The first-order valence-corrected chi connectivity index (χ1v) is 9.90. The van der Waals surface area contributed by atoms with E-state index in [1.165, 1.54) is 24.0 Å². The van der Waals surface area contributed by atoms with E-state index in [2.05, 4.69) is 59.2 Å². The van der Waals surface area contributed by atoms with Crippen LogP contribution in [0.5, 0.6) is 0 Å². The summed E-state index contributed by atoms with van der Waals surface area (Å²) in [5.74, 6) is 0.944. The average Bonchev–Trinajstić information content (AvgIpc) is 3.02. The van der Waals surface area contributed by atoms with E-state index < -0.39 is 0 Å². The SMILES string of the molecule is O=C(CC1CC2CCC(C1)N2)NCC(c1ccccc1)c1ccccc1. The lowest BCUT2D eigenvalue weighted by Crippen LogP contribution is -2.40. The molecule has 4 rings (SSSR count). The summed E-state index contributed by atoms with van der Waals surface area (Å²) in [5.41, 5.74) is 2.50. The van der Waals surface area contributed by atoms with Crippen molar-refractivity contribution in [1.82, 2.24) is 10.6 Å². The fraction of sp³-hybridized carbons (Fsp3) is 0.435. The van der Waals surface area contributed by atoms with Crippen molar-refractivity contribution in [3.05, 3.63) is 71.8 Å². The van der Waals surface area contributed by atoms with Crippen LogP contribution in [0.25, 0.3) is 0 Å². The number of hydrogen-bond acceptors (Lipinski definition) is 2. The maximum absolute atomic E-state index is 12.6. The minimum absolute atomic E-state index is 0.200. The second kappa shape index (κ2) is 8.05. The molecular formula is C23H28N2O. The molecule has 0 aliphatic carbocycles. The van der Waals surface area contributed by atoms with Crippen LogP contribution in [0.4, 0.5) is 0 Å². The Morgan fingerprint density at radius 2 is 1.46 bits per heavy atom. The average molecular weight is 348 g/mol. The van der Waals surface area contributed by atoms with Gasteiger partial charge in [-0.1, -0.05) is 60.7 Å². The van der Waals surface area contributed by atoms with Crippen molar-refractivity contribution >= 4 is 5.91 Å². The molecule has 2 bridgehead atoms. The molecule has 2 unspecified atom stereocenters. The minimum atomic E-state index is 0.200. The van der Waals surface area contributed by atoms with Gasteiger partial charge in [0.2, 0.25) is 5.91 Å². The zero-order valence-corrected chi connectivity index (χ0v) is 15.2. The molecule has 26 heavy (non-hydrogen) atoms. The molecule has 0 spiro atoms. The third kappa shape index (κ3) is 4.16. The third-order valence-corrected chi connectivity index (χ3v) is 5.95. The highest BCUT2D eigenvalue weighted by Gasteiger charge is 2.34. The molecule has 2 aromatic carbocycles. The van der Waals surface area contributed by atoms with Crippen molar-refractivity contribution in [2.75, 3.05) is 6.54 Å². The van der Waals surface area contributed by atoms with E-state index in [0.717, 1.165) is 12.8 Å². The van der Waals surface area contributed by atoms with Gasteiger partial charge in [-0.05, 0) is 42.7 Å². The number of carbonyl (C=O) groups excluding carboxylic acids is 1. The van der Waals surface area contributed by atoms with Crippen LogP contribution in [0.15, 0.2) is 60.7 Å². The number of fused-ring (bicyclic) bond motifs is 2. The molecule has 2 atom stereocenters. The first-order valence-electron chi connectivity index (χ1n) is 9.90. The zero-order chi connectivity index (χ0) is 17.8. The minimum Gasteiger partial charge on any atom is -0.355 e. The number of rotatable bonds is 6. The Bertz CT molecular complexity index is 664. The normalized spacial score (nSPS) is 24.6. The summed E-state index contributed by atoms with van der Waals surface area (Å²) in [5, 5.41) is 6.87. The van der Waals surface area contributed by atoms with Crippen LogP contribution in [-0.4, -0.2) is 24.5 Å². The van der Waals surface area contributed by atoms with E-state index >= 15 is 0 Å². The van der Waals surface area contributed by atoms with Gasteiger partial charge >= 0.3 is 0 Å². The molecular weight excluding hydrogens is 320 g/mol. The number of piperidine rings is 1. The number of hydrogen-bond donors (Lipinski definition) is 2. The fourth-order valence-electron chi connectivity index (χ4n) is 4.69. The number of benzene rings is 2. The van der Waals surface area contributed by atoms with Crippen LogP contribution in [0.3, 0.4) is 0 Å². The van der Waals surface area contributed by atoms with Crippen LogP contribution in [0, 0.1) is 5.92 Å². The summed E-state index contributed by atoms with van der Waals surface area (Å²) in [6.45, 7) is 0.657. The molecule has 0 radical (unpaired) electrons. The zero-order valence-electron chi connectivity index (χ0n) is 15.2. The Kier molecular flexibility index (Phi) is 5.35. The second-order valence-corrected chi connectivity index (χ2v) is 7.86. The van der Waals surface area contributed by atoms with E-state index in [0.29, 0.717) is 31.0 Å². The van der Waals surface area contributed by atoms with Crippen molar-refractivity contribution in [2.24, 2.45) is 5.92 Å². The molecule has 2 aliphatic rings. The Labute approximate surface area is 156 Å². The summed E-state index contributed by atoms with van der Waals surface area (Å²) in [7, 11) is 0. The van der Waals surface area contributed by atoms with Gasteiger partial charge in [0.1, 0.15) is 0 Å². The molecule has 1 amide bonds. The standard InChI is InChI=1S/C23H28N2O/c26-23(15-17-13-20-11-12-21(14-17)25-20)24-16-22(18-7-3-1-4-8-18)19-9-5-2-6-10-19/h1-10,17,20-22,25H,11-16H2,(H,24,26). The number of amides is 1. The van der Waals surface area contributed by atoms with Crippen LogP contribution in [0.2, 0.25) is 0 Å². The lowest BCUT2D eigenvalue weighted by molar-refractivity contribution is -0.122. The first-order chi connectivity index (χ1) is 12.8. The molecule has 3 nitrogen and oxygen atoms in total. The maximum atomic E-state index is 12.6. The van der Waals surface area contributed by atoms with Crippen LogP contribution in [0.1, 0.15) is 49.1 Å². The van der Waals surface area contributed by atoms with Crippen molar-refractivity contribution in [3.63, 3.8) is 0 Å². The van der Waals surface area contributed by atoms with Crippen LogP contribution >= 0.6 is 0 Å². The van der Waals surface area contributed by atoms with E-state index in [1.54, 1.807) is 0 Å². The lowest BCUT2D eigenvalue weighted by Gasteiger charge is -2.29. The molecule has 2 saturated heterocycles. The maximum Gasteiger partial charge on any atom is 0.220 e. The highest BCUT2D eigenvalue weighted by Crippen LogP contribution is 2.32. The summed E-state index contributed by atoms with van der Waals surface area (Å²) in [4.78, 5) is 12.6. The Balaban J connectivity index is 1.38. The van der Waals surface area contributed by atoms with E-state index in [-0.39, 0.29) is 11.8 Å². The molecule has 2 aromatic rings. The van der Waals surface area contributed by atoms with Crippen molar-refractivity contribution in [3.8, 4) is 0 Å². The van der Waals surface area contributed by atoms with Crippen LogP contribution in [-0.2, 0) is 4.79 Å². The summed E-state index contributed by atoms with van der Waals surface area (Å²) in [6.07, 6.45) is 5.56. The van der Waals surface area contributed by atoms with Gasteiger partial charge in [0.15, 0.2) is 0 Å². The van der Waals surface area contributed by atoms with Gasteiger partial charge in [-0.3, -0.25) is 4.79 Å².